The molecule has 0 aliphatic heterocycles. The smallest absolute Gasteiger partial charge is 0.0331 e. The molecular formula is C13H23NS. The fourth-order valence-electron chi connectivity index (χ4n) is 1.84. The molecule has 0 saturated carbocycles. The van der Waals surface area contributed by atoms with E-state index in [2.05, 4.69) is 43.8 Å². The molecule has 0 aliphatic rings. The van der Waals surface area contributed by atoms with E-state index < -0.39 is 0 Å². The van der Waals surface area contributed by atoms with Crippen LogP contribution in [0.25, 0.3) is 0 Å². The van der Waals surface area contributed by atoms with Crippen LogP contribution in [0.3, 0.4) is 0 Å². The summed E-state index contributed by atoms with van der Waals surface area (Å²) in [6.07, 6.45) is 2.55. The molecule has 1 N–H and O–H groups in total. The molecule has 0 fully saturated rings. The third-order valence-corrected chi connectivity index (χ3v) is 3.63. The normalized spacial score (nSPS) is 13.4. The molecule has 0 aromatic carbocycles. The first-order chi connectivity index (χ1) is 7.15. The van der Waals surface area contributed by atoms with Crippen molar-refractivity contribution in [3.05, 3.63) is 21.9 Å². The van der Waals surface area contributed by atoms with Gasteiger partial charge >= 0.3 is 0 Å². The predicted molar refractivity (Wildman–Crippen MR) is 69.5 cm³/mol. The molecule has 1 nitrogen and oxygen atoms in total. The van der Waals surface area contributed by atoms with E-state index >= 15 is 0 Å². The summed E-state index contributed by atoms with van der Waals surface area (Å²) in [5.41, 5.74) is 2.94. The van der Waals surface area contributed by atoms with Crippen LogP contribution >= 0.6 is 11.3 Å². The van der Waals surface area contributed by atoms with Gasteiger partial charge in [-0.3, -0.25) is 0 Å². The molecule has 0 bridgehead atoms. The Morgan fingerprint density at radius 2 is 2.00 bits per heavy atom. The van der Waals surface area contributed by atoms with Crippen molar-refractivity contribution in [2.75, 3.05) is 6.54 Å². The lowest BCUT2D eigenvalue weighted by atomic mass is 9.97. The third kappa shape index (κ3) is 3.96. The Labute approximate surface area is 97.9 Å². The van der Waals surface area contributed by atoms with E-state index in [-0.39, 0.29) is 0 Å². The number of aryl methyl sites for hydroxylation is 1. The highest BCUT2D eigenvalue weighted by Gasteiger charge is 2.13. The molecule has 2 heteroatoms. The second-order valence-electron chi connectivity index (χ2n) is 4.59. The van der Waals surface area contributed by atoms with Gasteiger partial charge in [-0.05, 0) is 54.1 Å². The largest absolute Gasteiger partial charge is 0.310 e. The van der Waals surface area contributed by atoms with E-state index in [4.69, 9.17) is 0 Å². The molecule has 1 rings (SSSR count). The number of hydrogen-bond donors (Lipinski definition) is 1. The Bertz CT molecular complexity index is 278. The van der Waals surface area contributed by atoms with Gasteiger partial charge in [0.25, 0.3) is 0 Å². The van der Waals surface area contributed by atoms with E-state index in [1.807, 2.05) is 11.3 Å². The zero-order valence-electron chi connectivity index (χ0n) is 10.3. The zero-order chi connectivity index (χ0) is 11.3. The van der Waals surface area contributed by atoms with Crippen LogP contribution in [0.5, 0.6) is 0 Å². The summed E-state index contributed by atoms with van der Waals surface area (Å²) in [5, 5.41) is 8.13. The molecule has 0 spiro atoms. The van der Waals surface area contributed by atoms with Crippen molar-refractivity contribution >= 4 is 11.3 Å². The van der Waals surface area contributed by atoms with Crippen LogP contribution < -0.4 is 5.32 Å². The van der Waals surface area contributed by atoms with Crippen molar-refractivity contribution in [3.8, 4) is 0 Å². The average Bonchev–Trinajstić information content (AvgIpc) is 2.59. The topological polar surface area (TPSA) is 12.0 Å². The second kappa shape index (κ2) is 6.29. The van der Waals surface area contributed by atoms with E-state index in [9.17, 15) is 0 Å². The summed E-state index contributed by atoms with van der Waals surface area (Å²) in [4.78, 5) is 0. The molecule has 1 heterocycles. The summed E-state index contributed by atoms with van der Waals surface area (Å²) in [5.74, 6) is 0.796. The predicted octanol–water partition coefficient (Wildman–Crippen LogP) is 4.14. The zero-order valence-corrected chi connectivity index (χ0v) is 11.2. The van der Waals surface area contributed by atoms with Gasteiger partial charge in [-0.2, -0.15) is 11.3 Å². The Morgan fingerprint density at radius 3 is 2.47 bits per heavy atom. The van der Waals surface area contributed by atoms with Gasteiger partial charge in [0.05, 0.1) is 0 Å². The molecule has 86 valence electrons. The number of nitrogens with one attached hydrogen (secondary N) is 1. The molecule has 1 aromatic heterocycles. The first-order valence-electron chi connectivity index (χ1n) is 5.91. The maximum atomic E-state index is 3.59. The molecule has 0 saturated heterocycles. The Balaban J connectivity index is 2.61. The molecule has 15 heavy (non-hydrogen) atoms. The maximum Gasteiger partial charge on any atom is 0.0331 e. The van der Waals surface area contributed by atoms with Gasteiger partial charge < -0.3 is 5.32 Å². The quantitative estimate of drug-likeness (QED) is 0.767. The monoisotopic (exact) mass is 225 g/mol. The second-order valence-corrected chi connectivity index (χ2v) is 5.34. The minimum atomic E-state index is 0.559. The van der Waals surface area contributed by atoms with Crippen LogP contribution in [0.15, 0.2) is 10.8 Å². The van der Waals surface area contributed by atoms with Crippen LogP contribution in [-0.2, 0) is 0 Å². The number of thiophene rings is 1. The highest BCUT2D eigenvalue weighted by molar-refractivity contribution is 7.08. The summed E-state index contributed by atoms with van der Waals surface area (Å²) in [6, 6.07) is 0.559. The van der Waals surface area contributed by atoms with Crippen molar-refractivity contribution in [1.29, 1.82) is 0 Å². The van der Waals surface area contributed by atoms with E-state index in [0.29, 0.717) is 6.04 Å². The van der Waals surface area contributed by atoms with E-state index in [1.165, 1.54) is 24.0 Å². The first kappa shape index (κ1) is 12.7. The van der Waals surface area contributed by atoms with Crippen LogP contribution in [0, 0.1) is 12.8 Å². The lowest BCUT2D eigenvalue weighted by Crippen LogP contribution is -2.21. The number of rotatable bonds is 6. The molecule has 0 aliphatic carbocycles. The lowest BCUT2D eigenvalue weighted by Gasteiger charge is -2.19. The van der Waals surface area contributed by atoms with Gasteiger partial charge in [0, 0.05) is 6.04 Å². The Hall–Kier alpha value is -0.340. The van der Waals surface area contributed by atoms with Gasteiger partial charge in [0.15, 0.2) is 0 Å². The van der Waals surface area contributed by atoms with Crippen LogP contribution in [0.1, 0.15) is 50.8 Å². The van der Waals surface area contributed by atoms with Crippen LogP contribution in [0.4, 0.5) is 0 Å². The molecule has 1 unspecified atom stereocenters. The summed E-state index contributed by atoms with van der Waals surface area (Å²) >= 11 is 1.81. The maximum absolute atomic E-state index is 3.59. The minimum Gasteiger partial charge on any atom is -0.310 e. The van der Waals surface area contributed by atoms with Crippen molar-refractivity contribution < 1.29 is 0 Å². The van der Waals surface area contributed by atoms with Crippen molar-refractivity contribution in [2.45, 2.75) is 46.6 Å². The molecule has 0 radical (unpaired) electrons. The van der Waals surface area contributed by atoms with Crippen molar-refractivity contribution in [2.24, 2.45) is 5.92 Å². The number of hydrogen-bond acceptors (Lipinski definition) is 2. The molecule has 1 aromatic rings. The van der Waals surface area contributed by atoms with Crippen molar-refractivity contribution in [3.63, 3.8) is 0 Å². The summed E-state index contributed by atoms with van der Waals surface area (Å²) < 4.78 is 0. The summed E-state index contributed by atoms with van der Waals surface area (Å²) in [7, 11) is 0. The van der Waals surface area contributed by atoms with Gasteiger partial charge in [-0.25, -0.2) is 0 Å². The van der Waals surface area contributed by atoms with E-state index in [0.717, 1.165) is 12.5 Å². The van der Waals surface area contributed by atoms with Gasteiger partial charge in [0.2, 0.25) is 0 Å². The molecule has 1 atom stereocenters. The molecule has 0 amide bonds. The third-order valence-electron chi connectivity index (χ3n) is 2.75. The Morgan fingerprint density at radius 1 is 1.27 bits per heavy atom. The van der Waals surface area contributed by atoms with E-state index in [1.54, 1.807) is 0 Å². The van der Waals surface area contributed by atoms with Gasteiger partial charge in [0.1, 0.15) is 0 Å². The summed E-state index contributed by atoms with van der Waals surface area (Å²) in [6.45, 7) is 10.0. The average molecular weight is 225 g/mol. The fourth-order valence-corrected chi connectivity index (χ4v) is 2.75. The van der Waals surface area contributed by atoms with Gasteiger partial charge in [-0.15, -0.1) is 0 Å². The highest BCUT2D eigenvalue weighted by Crippen LogP contribution is 2.26. The minimum absolute atomic E-state index is 0.559. The highest BCUT2D eigenvalue weighted by atomic mass is 32.1. The van der Waals surface area contributed by atoms with Crippen LogP contribution in [-0.4, -0.2) is 6.54 Å². The van der Waals surface area contributed by atoms with Crippen LogP contribution in [0.2, 0.25) is 0 Å². The first-order valence-corrected chi connectivity index (χ1v) is 6.85. The Kier molecular flexibility index (Phi) is 5.34. The van der Waals surface area contributed by atoms with Crippen molar-refractivity contribution in [1.82, 2.24) is 5.32 Å². The molecular weight excluding hydrogens is 202 g/mol. The SMILES string of the molecule is CCNC(CCC(C)C)c1cscc1C. The standard InChI is InChI=1S/C13H23NS/c1-5-14-13(7-6-10(2)3)12-9-15-8-11(12)4/h8-10,13-14H,5-7H2,1-4H3. The van der Waals surface area contributed by atoms with Gasteiger partial charge in [-0.1, -0.05) is 20.8 Å². The fraction of sp³-hybridized carbons (Fsp3) is 0.692. The lowest BCUT2D eigenvalue weighted by molar-refractivity contribution is 0.448.